The Morgan fingerprint density at radius 3 is 2.08 bits per heavy atom. The number of fused-ring (bicyclic) bond motifs is 1. The average Bonchev–Trinajstić information content (AvgIpc) is 2.97. The lowest BCUT2D eigenvalue weighted by atomic mass is 9.85. The van der Waals surface area contributed by atoms with Crippen LogP contribution in [-0.2, 0) is 17.0 Å². The number of benzene rings is 5. The summed E-state index contributed by atoms with van der Waals surface area (Å²) in [5.74, 6) is -0.0620. The van der Waals surface area contributed by atoms with E-state index in [1.54, 1.807) is 54.7 Å². The lowest BCUT2D eigenvalue weighted by Gasteiger charge is -2.27. The third kappa shape index (κ3) is 5.30. The second-order valence-electron chi connectivity index (χ2n) is 8.76. The van der Waals surface area contributed by atoms with Crippen molar-refractivity contribution in [2.75, 3.05) is 0 Å². The quantitative estimate of drug-likeness (QED) is 0.182. The Bertz CT molecular complexity index is 1530. The Hall–Kier alpha value is -4.45. The Labute approximate surface area is 226 Å². The molecular formula is C32H25ClN2O3. The van der Waals surface area contributed by atoms with Crippen LogP contribution in [0.5, 0.6) is 5.75 Å². The van der Waals surface area contributed by atoms with E-state index >= 15 is 0 Å². The largest absolute Gasteiger partial charge is 0.488 e. The summed E-state index contributed by atoms with van der Waals surface area (Å²) in [7, 11) is 0. The molecule has 0 aliphatic heterocycles. The Balaban J connectivity index is 1.44. The third-order valence-electron chi connectivity index (χ3n) is 6.31. The molecule has 0 heterocycles. The van der Waals surface area contributed by atoms with Crippen LogP contribution in [0.25, 0.3) is 10.8 Å². The molecule has 0 bridgehead atoms. The summed E-state index contributed by atoms with van der Waals surface area (Å²) in [5.41, 5.74) is 3.18. The maximum atomic E-state index is 13.4. The molecule has 2 N–H and O–H groups in total. The molecule has 0 fully saturated rings. The maximum absolute atomic E-state index is 13.4. The van der Waals surface area contributed by atoms with Crippen LogP contribution < -0.4 is 10.2 Å². The van der Waals surface area contributed by atoms with Gasteiger partial charge in [0.2, 0.25) is 0 Å². The van der Waals surface area contributed by atoms with Gasteiger partial charge in [-0.05, 0) is 45.7 Å². The first kappa shape index (κ1) is 25.2. The number of aliphatic hydroxyl groups is 1. The van der Waals surface area contributed by atoms with Gasteiger partial charge in [-0.15, -0.1) is 0 Å². The fourth-order valence-corrected chi connectivity index (χ4v) is 4.43. The summed E-state index contributed by atoms with van der Waals surface area (Å²) in [5, 5.41) is 18.5. The van der Waals surface area contributed by atoms with Crippen molar-refractivity contribution < 1.29 is 14.6 Å². The normalized spacial score (nSPS) is 11.5. The van der Waals surface area contributed by atoms with Gasteiger partial charge in [-0.1, -0.05) is 115 Å². The molecule has 0 radical (unpaired) electrons. The van der Waals surface area contributed by atoms with E-state index in [1.807, 2.05) is 72.8 Å². The second-order valence-corrected chi connectivity index (χ2v) is 9.19. The number of halogens is 1. The maximum Gasteiger partial charge on any atom is 0.281 e. The molecule has 0 aromatic heterocycles. The number of hydrazone groups is 1. The fraction of sp³-hybridized carbons (Fsp3) is 0.0625. The van der Waals surface area contributed by atoms with Crippen LogP contribution in [-0.4, -0.2) is 17.2 Å². The van der Waals surface area contributed by atoms with Crippen LogP contribution in [0, 0.1) is 0 Å². The summed E-state index contributed by atoms with van der Waals surface area (Å²) < 4.78 is 6.14. The highest BCUT2D eigenvalue weighted by Crippen LogP contribution is 2.30. The number of nitrogens with zero attached hydrogens (tertiary/aromatic N) is 1. The first-order valence-corrected chi connectivity index (χ1v) is 12.5. The van der Waals surface area contributed by atoms with E-state index in [1.165, 1.54) is 0 Å². The van der Waals surface area contributed by atoms with Gasteiger partial charge in [-0.2, -0.15) is 5.10 Å². The minimum atomic E-state index is -1.92. The van der Waals surface area contributed by atoms with Crippen molar-refractivity contribution in [1.29, 1.82) is 0 Å². The molecule has 38 heavy (non-hydrogen) atoms. The molecule has 5 aromatic carbocycles. The lowest BCUT2D eigenvalue weighted by molar-refractivity contribution is -0.136. The highest BCUT2D eigenvalue weighted by Gasteiger charge is 2.39. The van der Waals surface area contributed by atoms with Gasteiger partial charge in [0, 0.05) is 10.6 Å². The number of nitrogens with one attached hydrogen (secondary N) is 1. The number of ether oxygens (including phenoxy) is 1. The van der Waals surface area contributed by atoms with Crippen LogP contribution in [0.2, 0.25) is 5.02 Å². The number of hydrogen-bond acceptors (Lipinski definition) is 4. The average molecular weight is 521 g/mol. The third-order valence-corrected chi connectivity index (χ3v) is 6.56. The minimum Gasteiger partial charge on any atom is -0.488 e. The summed E-state index contributed by atoms with van der Waals surface area (Å²) in [6, 6.07) is 36.8. The zero-order valence-electron chi connectivity index (χ0n) is 20.4. The van der Waals surface area contributed by atoms with Gasteiger partial charge in [-0.3, -0.25) is 4.79 Å². The zero-order chi connectivity index (χ0) is 26.4. The van der Waals surface area contributed by atoms with E-state index in [2.05, 4.69) is 10.5 Å². The molecule has 5 nitrogen and oxygen atoms in total. The summed E-state index contributed by atoms with van der Waals surface area (Å²) in [6.07, 6.45) is 1.55. The molecule has 6 heteroatoms. The Morgan fingerprint density at radius 2 is 1.42 bits per heavy atom. The van der Waals surface area contributed by atoms with Gasteiger partial charge in [0.1, 0.15) is 12.4 Å². The zero-order valence-corrected chi connectivity index (χ0v) is 21.2. The summed E-state index contributed by atoms with van der Waals surface area (Å²) in [4.78, 5) is 13.4. The molecule has 5 rings (SSSR count). The van der Waals surface area contributed by atoms with Crippen molar-refractivity contribution in [2.45, 2.75) is 12.2 Å². The molecule has 0 aliphatic carbocycles. The topological polar surface area (TPSA) is 70.9 Å². The van der Waals surface area contributed by atoms with Crippen LogP contribution in [0.3, 0.4) is 0 Å². The lowest BCUT2D eigenvalue weighted by Crippen LogP contribution is -2.43. The van der Waals surface area contributed by atoms with Crippen molar-refractivity contribution in [3.05, 3.63) is 149 Å². The number of amides is 1. The smallest absolute Gasteiger partial charge is 0.281 e. The van der Waals surface area contributed by atoms with E-state index in [-0.39, 0.29) is 0 Å². The van der Waals surface area contributed by atoms with E-state index in [0.29, 0.717) is 34.1 Å². The molecule has 0 aliphatic rings. The monoisotopic (exact) mass is 520 g/mol. The number of rotatable bonds is 8. The van der Waals surface area contributed by atoms with Gasteiger partial charge in [0.05, 0.1) is 6.21 Å². The van der Waals surface area contributed by atoms with Crippen LogP contribution in [0.4, 0.5) is 0 Å². The van der Waals surface area contributed by atoms with Crippen molar-refractivity contribution in [1.82, 2.24) is 5.43 Å². The predicted octanol–water partition coefficient (Wildman–Crippen LogP) is 6.46. The first-order valence-electron chi connectivity index (χ1n) is 12.1. The molecular weight excluding hydrogens is 496 g/mol. The van der Waals surface area contributed by atoms with Gasteiger partial charge in [0.25, 0.3) is 5.91 Å². The minimum absolute atomic E-state index is 0.338. The van der Waals surface area contributed by atoms with E-state index < -0.39 is 11.5 Å². The van der Waals surface area contributed by atoms with Crippen molar-refractivity contribution in [2.24, 2.45) is 5.10 Å². The van der Waals surface area contributed by atoms with Crippen molar-refractivity contribution in [3.63, 3.8) is 0 Å². The van der Waals surface area contributed by atoms with Gasteiger partial charge in [0.15, 0.2) is 5.60 Å². The molecule has 0 unspecified atom stereocenters. The molecule has 0 saturated heterocycles. The van der Waals surface area contributed by atoms with Gasteiger partial charge >= 0.3 is 0 Å². The fourth-order valence-electron chi connectivity index (χ4n) is 4.30. The highest BCUT2D eigenvalue weighted by atomic mass is 35.5. The predicted molar refractivity (Wildman–Crippen MR) is 151 cm³/mol. The van der Waals surface area contributed by atoms with E-state index in [9.17, 15) is 9.90 Å². The molecule has 1 amide bonds. The summed E-state index contributed by atoms with van der Waals surface area (Å²) >= 11 is 6.00. The van der Waals surface area contributed by atoms with Crippen molar-refractivity contribution in [3.8, 4) is 5.75 Å². The van der Waals surface area contributed by atoms with Crippen LogP contribution in [0.1, 0.15) is 22.3 Å². The molecule has 188 valence electrons. The van der Waals surface area contributed by atoms with Crippen LogP contribution in [0.15, 0.2) is 126 Å². The Morgan fingerprint density at radius 1 is 0.816 bits per heavy atom. The van der Waals surface area contributed by atoms with E-state index in [4.69, 9.17) is 16.3 Å². The van der Waals surface area contributed by atoms with E-state index in [0.717, 1.165) is 16.3 Å². The highest BCUT2D eigenvalue weighted by molar-refractivity contribution is 6.30. The SMILES string of the molecule is O=C(N/N=C\c1c(OCc2ccc(Cl)cc2)ccc2ccccc12)C(O)(c1ccccc1)c1ccccc1. The number of carbonyl (C=O) groups excluding carboxylic acids is 1. The molecule has 5 aromatic rings. The molecule has 0 spiro atoms. The summed E-state index contributed by atoms with van der Waals surface area (Å²) in [6.45, 7) is 0.338. The van der Waals surface area contributed by atoms with Gasteiger partial charge in [-0.25, -0.2) is 5.43 Å². The number of carbonyl (C=O) groups is 1. The molecule has 0 atom stereocenters. The second kappa shape index (κ2) is 11.3. The van der Waals surface area contributed by atoms with Gasteiger partial charge < -0.3 is 9.84 Å². The number of hydrogen-bond donors (Lipinski definition) is 2. The standard InChI is InChI=1S/C32H25ClN2O3/c33-27-18-15-23(16-19-27)22-38-30-20-17-24-9-7-8-14-28(24)29(30)21-34-35-31(36)32(37,25-10-3-1-4-11-25)26-12-5-2-6-13-26/h1-21,37H,22H2,(H,35,36)/b34-21-. The van der Waals surface area contributed by atoms with Crippen LogP contribution >= 0.6 is 11.6 Å². The first-order chi connectivity index (χ1) is 18.6. The Kier molecular flexibility index (Phi) is 7.50. The van der Waals surface area contributed by atoms with Crippen molar-refractivity contribution >= 4 is 34.5 Å². The molecule has 0 saturated carbocycles.